The van der Waals surface area contributed by atoms with Gasteiger partial charge < -0.3 is 10.2 Å². The third-order valence-electron chi connectivity index (χ3n) is 3.57. The standard InChI is InChI=1S/C18H17Cl3N2O2/c1-12(24)23(9-8-13-2-3-15(20)10-17(13)21)11-18(25)22-16-6-4-14(19)5-7-16/h2-7,10H,8-9,11H2,1H3,(H,22,25). The molecule has 0 saturated heterocycles. The zero-order valence-corrected chi connectivity index (χ0v) is 15.8. The van der Waals surface area contributed by atoms with Crippen LogP contribution in [0.4, 0.5) is 5.69 Å². The molecule has 4 nitrogen and oxygen atoms in total. The maximum Gasteiger partial charge on any atom is 0.243 e. The lowest BCUT2D eigenvalue weighted by Gasteiger charge is -2.21. The van der Waals surface area contributed by atoms with Gasteiger partial charge in [-0.05, 0) is 48.4 Å². The monoisotopic (exact) mass is 398 g/mol. The van der Waals surface area contributed by atoms with E-state index in [0.29, 0.717) is 33.7 Å². The molecule has 0 saturated carbocycles. The molecule has 0 heterocycles. The molecular weight excluding hydrogens is 383 g/mol. The van der Waals surface area contributed by atoms with Crippen LogP contribution in [0.5, 0.6) is 0 Å². The number of rotatable bonds is 6. The number of benzene rings is 2. The van der Waals surface area contributed by atoms with E-state index in [4.69, 9.17) is 34.8 Å². The molecule has 25 heavy (non-hydrogen) atoms. The van der Waals surface area contributed by atoms with Crippen molar-refractivity contribution in [1.29, 1.82) is 0 Å². The van der Waals surface area contributed by atoms with E-state index in [0.717, 1.165) is 5.56 Å². The Balaban J connectivity index is 1.94. The number of halogens is 3. The first-order chi connectivity index (χ1) is 11.8. The summed E-state index contributed by atoms with van der Waals surface area (Å²) < 4.78 is 0. The van der Waals surface area contributed by atoms with Gasteiger partial charge in [0.25, 0.3) is 0 Å². The number of hydrogen-bond acceptors (Lipinski definition) is 2. The summed E-state index contributed by atoms with van der Waals surface area (Å²) in [5.74, 6) is -0.462. The number of anilines is 1. The topological polar surface area (TPSA) is 49.4 Å². The second kappa shape index (κ2) is 9.09. The summed E-state index contributed by atoms with van der Waals surface area (Å²) in [4.78, 5) is 25.4. The van der Waals surface area contributed by atoms with E-state index in [1.54, 1.807) is 36.4 Å². The molecule has 0 spiro atoms. The van der Waals surface area contributed by atoms with Crippen molar-refractivity contribution in [3.05, 3.63) is 63.1 Å². The molecule has 0 bridgehead atoms. The summed E-state index contributed by atoms with van der Waals surface area (Å²) in [5, 5.41) is 4.42. The molecule has 0 radical (unpaired) electrons. The third kappa shape index (κ3) is 6.24. The molecule has 0 atom stereocenters. The first-order valence-electron chi connectivity index (χ1n) is 7.60. The van der Waals surface area contributed by atoms with Crippen molar-refractivity contribution in [3.8, 4) is 0 Å². The van der Waals surface area contributed by atoms with Crippen molar-refractivity contribution in [1.82, 2.24) is 4.90 Å². The van der Waals surface area contributed by atoms with Crippen LogP contribution in [-0.4, -0.2) is 29.8 Å². The highest BCUT2D eigenvalue weighted by Crippen LogP contribution is 2.21. The molecule has 0 aliphatic heterocycles. The van der Waals surface area contributed by atoms with E-state index in [-0.39, 0.29) is 18.4 Å². The third-order valence-corrected chi connectivity index (χ3v) is 4.41. The fourth-order valence-corrected chi connectivity index (χ4v) is 2.86. The molecule has 2 rings (SSSR count). The second-order valence-corrected chi connectivity index (χ2v) is 6.76. The van der Waals surface area contributed by atoms with Gasteiger partial charge in [0.05, 0.1) is 6.54 Å². The number of hydrogen-bond donors (Lipinski definition) is 1. The molecule has 0 aliphatic carbocycles. The second-order valence-electron chi connectivity index (χ2n) is 5.48. The largest absolute Gasteiger partial charge is 0.333 e. The quantitative estimate of drug-likeness (QED) is 0.767. The molecule has 2 aromatic rings. The summed E-state index contributed by atoms with van der Waals surface area (Å²) in [5.41, 5.74) is 1.49. The van der Waals surface area contributed by atoms with Crippen LogP contribution in [0.3, 0.4) is 0 Å². The van der Waals surface area contributed by atoms with Gasteiger partial charge in [-0.2, -0.15) is 0 Å². The highest BCUT2D eigenvalue weighted by molar-refractivity contribution is 6.35. The number of nitrogens with one attached hydrogen (secondary N) is 1. The van der Waals surface area contributed by atoms with E-state index < -0.39 is 0 Å². The lowest BCUT2D eigenvalue weighted by molar-refractivity contribution is -0.132. The maximum absolute atomic E-state index is 12.2. The number of carbonyl (C=O) groups is 2. The first kappa shape index (κ1) is 19.6. The van der Waals surface area contributed by atoms with E-state index in [2.05, 4.69) is 5.32 Å². The van der Waals surface area contributed by atoms with Crippen molar-refractivity contribution < 1.29 is 9.59 Å². The number of carbonyl (C=O) groups excluding carboxylic acids is 2. The van der Waals surface area contributed by atoms with Crippen LogP contribution >= 0.6 is 34.8 Å². The minimum atomic E-state index is -0.278. The van der Waals surface area contributed by atoms with Crippen LogP contribution < -0.4 is 5.32 Å². The fraction of sp³-hybridized carbons (Fsp3) is 0.222. The van der Waals surface area contributed by atoms with Crippen molar-refractivity contribution in [2.45, 2.75) is 13.3 Å². The summed E-state index contributed by atoms with van der Waals surface area (Å²) in [6, 6.07) is 12.0. The smallest absolute Gasteiger partial charge is 0.243 e. The molecule has 7 heteroatoms. The van der Waals surface area contributed by atoms with Crippen molar-refractivity contribution in [2.75, 3.05) is 18.4 Å². The van der Waals surface area contributed by atoms with E-state index >= 15 is 0 Å². The molecule has 0 unspecified atom stereocenters. The predicted molar refractivity (Wildman–Crippen MR) is 103 cm³/mol. The van der Waals surface area contributed by atoms with Gasteiger partial charge in [0.1, 0.15) is 0 Å². The summed E-state index contributed by atoms with van der Waals surface area (Å²) in [7, 11) is 0. The summed E-state index contributed by atoms with van der Waals surface area (Å²) in [6.07, 6.45) is 0.532. The van der Waals surface area contributed by atoms with Gasteiger partial charge in [-0.1, -0.05) is 40.9 Å². The minimum Gasteiger partial charge on any atom is -0.333 e. The van der Waals surface area contributed by atoms with Crippen LogP contribution in [0.2, 0.25) is 15.1 Å². The minimum absolute atomic E-state index is 0.0385. The summed E-state index contributed by atoms with van der Waals surface area (Å²) >= 11 is 17.8. The van der Waals surface area contributed by atoms with Crippen LogP contribution in [0.1, 0.15) is 12.5 Å². The molecular formula is C18H17Cl3N2O2. The Morgan fingerprint density at radius 2 is 1.64 bits per heavy atom. The first-order valence-corrected chi connectivity index (χ1v) is 8.73. The van der Waals surface area contributed by atoms with Gasteiger partial charge in [0.2, 0.25) is 11.8 Å². The van der Waals surface area contributed by atoms with Crippen molar-refractivity contribution in [3.63, 3.8) is 0 Å². The lowest BCUT2D eigenvalue weighted by Crippen LogP contribution is -2.38. The van der Waals surface area contributed by atoms with E-state index in [1.807, 2.05) is 6.07 Å². The summed E-state index contributed by atoms with van der Waals surface area (Å²) in [6.45, 7) is 1.77. The Bertz CT molecular complexity index is 763. The Kier molecular flexibility index (Phi) is 7.12. The average molecular weight is 400 g/mol. The van der Waals surface area contributed by atoms with Gasteiger partial charge in [-0.15, -0.1) is 0 Å². The average Bonchev–Trinajstić information content (AvgIpc) is 2.54. The SMILES string of the molecule is CC(=O)N(CCc1ccc(Cl)cc1Cl)CC(=O)Nc1ccc(Cl)cc1. The van der Waals surface area contributed by atoms with Crippen LogP contribution in [-0.2, 0) is 16.0 Å². The Morgan fingerprint density at radius 3 is 2.24 bits per heavy atom. The van der Waals surface area contributed by atoms with Gasteiger partial charge in [0.15, 0.2) is 0 Å². The normalized spacial score (nSPS) is 10.4. The zero-order valence-electron chi connectivity index (χ0n) is 13.6. The van der Waals surface area contributed by atoms with E-state index in [9.17, 15) is 9.59 Å². The Hall–Kier alpha value is -1.75. The molecule has 132 valence electrons. The lowest BCUT2D eigenvalue weighted by atomic mass is 10.1. The van der Waals surface area contributed by atoms with Gasteiger partial charge in [-0.25, -0.2) is 0 Å². The van der Waals surface area contributed by atoms with Crippen molar-refractivity contribution in [2.24, 2.45) is 0 Å². The highest BCUT2D eigenvalue weighted by atomic mass is 35.5. The number of nitrogens with zero attached hydrogens (tertiary/aromatic N) is 1. The Morgan fingerprint density at radius 1 is 1.00 bits per heavy atom. The van der Waals surface area contributed by atoms with Crippen molar-refractivity contribution >= 4 is 52.3 Å². The van der Waals surface area contributed by atoms with Gasteiger partial charge in [-0.3, -0.25) is 9.59 Å². The van der Waals surface area contributed by atoms with E-state index in [1.165, 1.54) is 11.8 Å². The number of amides is 2. The molecule has 0 fully saturated rings. The van der Waals surface area contributed by atoms with Gasteiger partial charge in [0, 0.05) is 34.2 Å². The predicted octanol–water partition coefficient (Wildman–Crippen LogP) is 4.68. The van der Waals surface area contributed by atoms with Crippen LogP contribution in [0.25, 0.3) is 0 Å². The Labute approximate surface area is 161 Å². The molecule has 2 amide bonds. The fourth-order valence-electron chi connectivity index (χ4n) is 2.23. The van der Waals surface area contributed by atoms with Crippen LogP contribution in [0, 0.1) is 0 Å². The zero-order chi connectivity index (χ0) is 18.4. The molecule has 0 aromatic heterocycles. The van der Waals surface area contributed by atoms with Gasteiger partial charge >= 0.3 is 0 Å². The highest BCUT2D eigenvalue weighted by Gasteiger charge is 2.14. The molecule has 0 aliphatic rings. The van der Waals surface area contributed by atoms with Crippen LogP contribution in [0.15, 0.2) is 42.5 Å². The molecule has 1 N–H and O–H groups in total. The molecule has 2 aromatic carbocycles. The maximum atomic E-state index is 12.2.